The highest BCUT2D eigenvalue weighted by Gasteiger charge is 2.31. The van der Waals surface area contributed by atoms with E-state index in [1.165, 1.54) is 24.4 Å². The number of sulfone groups is 1. The first-order valence-corrected chi connectivity index (χ1v) is 15.2. The molecule has 1 atom stereocenters. The fourth-order valence-corrected chi connectivity index (χ4v) is 6.12. The molecular formula is C31H24F2N6O8S. The number of halogens is 2. The van der Waals surface area contributed by atoms with E-state index in [2.05, 4.69) is 9.98 Å². The molecule has 1 aliphatic rings. The summed E-state index contributed by atoms with van der Waals surface area (Å²) < 4.78 is 69.5. The normalized spacial score (nSPS) is 14.4. The van der Waals surface area contributed by atoms with Gasteiger partial charge in [-0.25, -0.2) is 22.7 Å². The number of rotatable bonds is 11. The predicted octanol–water partition coefficient (Wildman–Crippen LogP) is 3.54. The van der Waals surface area contributed by atoms with E-state index < -0.39 is 61.4 Å². The van der Waals surface area contributed by atoms with Crippen LogP contribution in [-0.2, 0) is 19.4 Å². The number of nitrogens with one attached hydrogen (secondary N) is 1. The monoisotopic (exact) mass is 678 g/mol. The first-order valence-electron chi connectivity index (χ1n) is 13.7. The van der Waals surface area contributed by atoms with Gasteiger partial charge in [0.25, 0.3) is 11.8 Å². The second-order valence-corrected chi connectivity index (χ2v) is 12.0. The number of amides is 3. The molecule has 0 fully saturated rings. The van der Waals surface area contributed by atoms with E-state index in [1.807, 2.05) is 0 Å². The van der Waals surface area contributed by atoms with Crippen LogP contribution in [-0.4, -0.2) is 72.7 Å². The maximum absolute atomic E-state index is 15.7. The standard InChI is InChI=1S/C31H24F2N6O8S/c1-38-11-10-36-29(38)20-13-18(48(44,45)25-5-3-2-4-19(25)31(43)39(15-40)16-41)7-9-23(20)46-27-21(32)14-37-30(26(27)33)47-24-12-17(28(34)35)6-8-22(24)42/h2-10,12-16,29,42H,11H2,1H3,(H3,34,35). The van der Waals surface area contributed by atoms with Crippen molar-refractivity contribution in [1.82, 2.24) is 14.8 Å². The number of nitrogens with two attached hydrogens (primary N) is 1. The highest BCUT2D eigenvalue weighted by atomic mass is 32.2. The van der Waals surface area contributed by atoms with Crippen molar-refractivity contribution < 1.29 is 46.2 Å². The zero-order chi connectivity index (χ0) is 34.7. The minimum atomic E-state index is -4.53. The van der Waals surface area contributed by atoms with Crippen molar-refractivity contribution in [2.75, 3.05) is 13.6 Å². The smallest absolute Gasteiger partial charge is 0.268 e. The topological polar surface area (TPSA) is 206 Å². The number of aromatic nitrogens is 1. The van der Waals surface area contributed by atoms with Gasteiger partial charge < -0.3 is 20.3 Å². The summed E-state index contributed by atoms with van der Waals surface area (Å²) in [6.07, 6.45) is 1.15. The number of benzene rings is 3. The number of phenolic OH excluding ortho intramolecular Hbond substituents is 1. The van der Waals surface area contributed by atoms with Crippen LogP contribution in [0, 0.1) is 17.0 Å². The zero-order valence-electron chi connectivity index (χ0n) is 24.7. The van der Waals surface area contributed by atoms with Gasteiger partial charge in [0.15, 0.2) is 17.3 Å². The molecule has 0 radical (unpaired) electrons. The van der Waals surface area contributed by atoms with E-state index in [9.17, 15) is 27.9 Å². The number of nitrogens with zero attached hydrogens (tertiary/aromatic N) is 4. The third-order valence-corrected chi connectivity index (χ3v) is 8.87. The molecule has 1 aromatic heterocycles. The highest BCUT2D eigenvalue weighted by molar-refractivity contribution is 7.91. The Morgan fingerprint density at radius 1 is 1.08 bits per heavy atom. The molecule has 0 spiro atoms. The zero-order valence-corrected chi connectivity index (χ0v) is 25.5. The van der Waals surface area contributed by atoms with Crippen LogP contribution >= 0.6 is 0 Å². The lowest BCUT2D eigenvalue weighted by molar-refractivity contribution is -0.126. The largest absolute Gasteiger partial charge is 0.504 e. The van der Waals surface area contributed by atoms with Gasteiger partial charge >= 0.3 is 0 Å². The molecule has 48 heavy (non-hydrogen) atoms. The van der Waals surface area contributed by atoms with Crippen LogP contribution in [0.2, 0.25) is 0 Å². The average Bonchev–Trinajstić information content (AvgIpc) is 3.50. The van der Waals surface area contributed by atoms with Gasteiger partial charge in [0.2, 0.25) is 34.2 Å². The number of aromatic hydroxyl groups is 1. The number of carbonyl (C=O) groups excluding carboxylic acids is 3. The molecule has 2 heterocycles. The molecule has 0 saturated carbocycles. The Hall–Kier alpha value is -6.07. The summed E-state index contributed by atoms with van der Waals surface area (Å²) in [5, 5.41) is 17.7. The Labute approximate surface area is 271 Å². The van der Waals surface area contributed by atoms with Gasteiger partial charge in [0.1, 0.15) is 17.8 Å². The van der Waals surface area contributed by atoms with E-state index in [-0.39, 0.29) is 51.1 Å². The maximum Gasteiger partial charge on any atom is 0.268 e. The van der Waals surface area contributed by atoms with Crippen LogP contribution in [0.5, 0.6) is 28.9 Å². The van der Waals surface area contributed by atoms with Crippen LogP contribution in [0.15, 0.2) is 81.6 Å². The lowest BCUT2D eigenvalue weighted by Crippen LogP contribution is -2.29. The van der Waals surface area contributed by atoms with E-state index >= 15 is 8.78 Å². The minimum absolute atomic E-state index is 0.0587. The number of ether oxygens (including phenoxy) is 2. The van der Waals surface area contributed by atoms with E-state index in [4.69, 9.17) is 20.6 Å². The molecule has 0 bridgehead atoms. The second kappa shape index (κ2) is 13.3. The number of hydrogen-bond donors (Lipinski definition) is 3. The van der Waals surface area contributed by atoms with Gasteiger partial charge in [-0.3, -0.25) is 29.7 Å². The number of imide groups is 3. The predicted molar refractivity (Wildman–Crippen MR) is 164 cm³/mol. The van der Waals surface area contributed by atoms with Crippen molar-refractivity contribution in [2.24, 2.45) is 10.7 Å². The quantitative estimate of drug-likeness (QED) is 0.119. The molecule has 4 aromatic rings. The number of hydrogen-bond acceptors (Lipinski definition) is 12. The lowest BCUT2D eigenvalue weighted by Gasteiger charge is -2.22. The van der Waals surface area contributed by atoms with Crippen LogP contribution in [0.1, 0.15) is 27.7 Å². The van der Waals surface area contributed by atoms with Crippen LogP contribution in [0.3, 0.4) is 0 Å². The molecular weight excluding hydrogens is 654 g/mol. The summed E-state index contributed by atoms with van der Waals surface area (Å²) >= 11 is 0. The Balaban J connectivity index is 1.58. The van der Waals surface area contributed by atoms with Crippen LogP contribution in [0.25, 0.3) is 0 Å². The fraction of sp³-hybridized carbons (Fsp3) is 0.0968. The lowest BCUT2D eigenvalue weighted by atomic mass is 10.1. The van der Waals surface area contributed by atoms with E-state index in [0.717, 1.165) is 42.5 Å². The highest BCUT2D eigenvalue weighted by Crippen LogP contribution is 2.41. The number of carbonyl (C=O) groups is 3. The van der Waals surface area contributed by atoms with Crippen LogP contribution in [0.4, 0.5) is 8.78 Å². The van der Waals surface area contributed by atoms with Gasteiger partial charge in [-0.05, 0) is 55.6 Å². The Morgan fingerprint density at radius 2 is 1.81 bits per heavy atom. The molecule has 14 nitrogen and oxygen atoms in total. The second-order valence-electron chi connectivity index (χ2n) is 10.1. The molecule has 246 valence electrons. The maximum atomic E-state index is 15.7. The molecule has 17 heteroatoms. The first kappa shape index (κ1) is 33.3. The molecule has 3 amide bonds. The van der Waals surface area contributed by atoms with Crippen molar-refractivity contribution in [2.45, 2.75) is 16.0 Å². The first-order chi connectivity index (χ1) is 22.9. The van der Waals surface area contributed by atoms with Crippen molar-refractivity contribution in [1.29, 1.82) is 5.41 Å². The average molecular weight is 679 g/mol. The number of aliphatic imine (C=N–C) groups is 1. The fourth-order valence-electron chi connectivity index (χ4n) is 4.63. The van der Waals surface area contributed by atoms with Gasteiger partial charge in [0, 0.05) is 23.9 Å². The Bertz CT molecular complexity index is 2100. The molecule has 3 aromatic carbocycles. The molecule has 1 aliphatic heterocycles. The molecule has 5 rings (SSSR count). The molecule has 0 saturated heterocycles. The molecule has 0 aliphatic carbocycles. The summed E-state index contributed by atoms with van der Waals surface area (Å²) in [5.74, 6) is -7.02. The van der Waals surface area contributed by atoms with Gasteiger partial charge in [-0.2, -0.15) is 4.39 Å². The Kier molecular flexibility index (Phi) is 9.26. The van der Waals surface area contributed by atoms with Crippen molar-refractivity contribution >= 4 is 40.6 Å². The van der Waals surface area contributed by atoms with E-state index in [0.29, 0.717) is 12.7 Å². The molecule has 1 unspecified atom stereocenters. The van der Waals surface area contributed by atoms with Gasteiger partial charge in [-0.1, -0.05) is 12.1 Å². The van der Waals surface area contributed by atoms with Crippen molar-refractivity contribution in [3.63, 3.8) is 0 Å². The molecule has 4 N–H and O–H groups in total. The van der Waals surface area contributed by atoms with Gasteiger partial charge in [0.05, 0.1) is 21.6 Å². The third kappa shape index (κ3) is 6.31. The summed E-state index contributed by atoms with van der Waals surface area (Å²) in [6, 6.07) is 11.9. The SMILES string of the molecule is CN1CC=NC1c1cc(S(=O)(=O)c2ccccc2C(=O)N(C=O)C=O)ccc1Oc1c(F)cnc(Oc2cc(C(=N)N)ccc2O)c1F. The van der Waals surface area contributed by atoms with Crippen LogP contribution < -0.4 is 15.2 Å². The third-order valence-electron chi connectivity index (χ3n) is 7.06. The van der Waals surface area contributed by atoms with Gasteiger partial charge in [-0.15, -0.1) is 0 Å². The number of pyridine rings is 1. The summed E-state index contributed by atoms with van der Waals surface area (Å²) in [4.78, 5) is 44.1. The summed E-state index contributed by atoms with van der Waals surface area (Å²) in [5.41, 5.74) is 5.21. The van der Waals surface area contributed by atoms with Crippen molar-refractivity contribution in [3.05, 3.63) is 95.2 Å². The minimum Gasteiger partial charge on any atom is -0.504 e. The van der Waals surface area contributed by atoms with E-state index in [1.54, 1.807) is 11.9 Å². The number of nitrogen functional groups attached to an aromatic ring is 1. The Morgan fingerprint density at radius 3 is 2.48 bits per heavy atom. The summed E-state index contributed by atoms with van der Waals surface area (Å²) in [6.45, 7) is 0.338. The van der Waals surface area contributed by atoms with Crippen molar-refractivity contribution in [3.8, 4) is 28.9 Å². The number of phenols is 1. The number of amidine groups is 1. The summed E-state index contributed by atoms with van der Waals surface area (Å²) in [7, 11) is -2.87.